The first-order valence-electron chi connectivity index (χ1n) is 4.80. The number of aromatic nitrogens is 2. The fourth-order valence-corrected chi connectivity index (χ4v) is 1.71. The minimum atomic E-state index is 0.463. The number of allylic oxidation sites excluding steroid dienone is 1. The van der Waals surface area contributed by atoms with E-state index in [9.17, 15) is 0 Å². The Hall–Kier alpha value is -1.18. The molecule has 13 heavy (non-hydrogen) atoms. The van der Waals surface area contributed by atoms with Gasteiger partial charge in [0.15, 0.2) is 0 Å². The minimum absolute atomic E-state index is 0.463. The van der Waals surface area contributed by atoms with E-state index < -0.39 is 0 Å². The zero-order chi connectivity index (χ0) is 9.26. The molecule has 0 fully saturated rings. The van der Waals surface area contributed by atoms with Crippen molar-refractivity contribution in [2.75, 3.05) is 0 Å². The molecule has 0 spiro atoms. The van der Waals surface area contributed by atoms with Gasteiger partial charge in [0.05, 0.1) is 11.9 Å². The van der Waals surface area contributed by atoms with Gasteiger partial charge in [-0.3, -0.25) is 0 Å². The van der Waals surface area contributed by atoms with Crippen LogP contribution in [-0.4, -0.2) is 10.2 Å². The summed E-state index contributed by atoms with van der Waals surface area (Å²) in [6.07, 6.45) is 8.54. The van der Waals surface area contributed by atoms with E-state index in [0.29, 0.717) is 5.92 Å². The van der Waals surface area contributed by atoms with Crippen molar-refractivity contribution in [3.63, 3.8) is 0 Å². The number of hydrogen-bond acceptors (Lipinski definition) is 2. The van der Waals surface area contributed by atoms with Gasteiger partial charge in [-0.15, -0.1) is 0 Å². The third kappa shape index (κ3) is 1.48. The molecular formula is C11H14N2. The second kappa shape index (κ2) is 3.29. The van der Waals surface area contributed by atoms with E-state index in [-0.39, 0.29) is 0 Å². The first-order chi connectivity index (χ1) is 6.29. The highest BCUT2D eigenvalue weighted by atomic mass is 15.1. The number of hydrogen-bond donors (Lipinski definition) is 0. The lowest BCUT2D eigenvalue weighted by Crippen LogP contribution is -2.05. The van der Waals surface area contributed by atoms with Crippen molar-refractivity contribution >= 4 is 6.08 Å². The molecule has 0 atom stereocenters. The Morgan fingerprint density at radius 2 is 2.23 bits per heavy atom. The van der Waals surface area contributed by atoms with Gasteiger partial charge in [0.2, 0.25) is 0 Å². The molecule has 0 aromatic carbocycles. The standard InChI is InChI=1S/C11H14N2/c1-8(2)11-10-6-4-3-5-9(10)7-12-13-11/h4,6-8H,3,5H2,1-2H3. The van der Waals surface area contributed by atoms with Gasteiger partial charge in [0.25, 0.3) is 0 Å². The zero-order valence-corrected chi connectivity index (χ0v) is 8.12. The SMILES string of the molecule is CC(C)c1nncc2c1C=CCC2. The van der Waals surface area contributed by atoms with Gasteiger partial charge in [-0.05, 0) is 24.3 Å². The van der Waals surface area contributed by atoms with Gasteiger partial charge >= 0.3 is 0 Å². The van der Waals surface area contributed by atoms with Crippen molar-refractivity contribution in [3.05, 3.63) is 29.1 Å². The third-order valence-electron chi connectivity index (χ3n) is 2.41. The number of fused-ring (bicyclic) bond motifs is 1. The van der Waals surface area contributed by atoms with E-state index in [1.54, 1.807) is 0 Å². The van der Waals surface area contributed by atoms with E-state index in [2.05, 4.69) is 36.2 Å². The van der Waals surface area contributed by atoms with Crippen molar-refractivity contribution in [1.29, 1.82) is 0 Å². The Bertz CT molecular complexity index is 340. The molecule has 68 valence electrons. The highest BCUT2D eigenvalue weighted by Gasteiger charge is 2.12. The van der Waals surface area contributed by atoms with Crippen LogP contribution in [-0.2, 0) is 6.42 Å². The molecule has 0 saturated heterocycles. The minimum Gasteiger partial charge on any atom is -0.159 e. The topological polar surface area (TPSA) is 25.8 Å². The van der Waals surface area contributed by atoms with Crippen LogP contribution in [0.4, 0.5) is 0 Å². The Balaban J connectivity index is 2.54. The van der Waals surface area contributed by atoms with Gasteiger partial charge < -0.3 is 0 Å². The van der Waals surface area contributed by atoms with Crippen LogP contribution < -0.4 is 0 Å². The van der Waals surface area contributed by atoms with Crippen LogP contribution in [0, 0.1) is 0 Å². The van der Waals surface area contributed by atoms with Crippen LogP contribution in [0.25, 0.3) is 6.08 Å². The molecule has 0 bridgehead atoms. The van der Waals surface area contributed by atoms with Crippen molar-refractivity contribution in [3.8, 4) is 0 Å². The highest BCUT2D eigenvalue weighted by Crippen LogP contribution is 2.24. The molecule has 2 rings (SSSR count). The summed E-state index contributed by atoms with van der Waals surface area (Å²) in [5.41, 5.74) is 3.78. The van der Waals surface area contributed by atoms with Gasteiger partial charge in [-0.1, -0.05) is 26.0 Å². The second-order valence-electron chi connectivity index (χ2n) is 3.76. The molecule has 0 saturated carbocycles. The molecule has 0 aliphatic heterocycles. The van der Waals surface area contributed by atoms with E-state index in [1.165, 1.54) is 11.1 Å². The summed E-state index contributed by atoms with van der Waals surface area (Å²) in [4.78, 5) is 0. The fraction of sp³-hybridized carbons (Fsp3) is 0.455. The van der Waals surface area contributed by atoms with Gasteiger partial charge in [0, 0.05) is 5.56 Å². The normalized spacial score (nSPS) is 14.7. The smallest absolute Gasteiger partial charge is 0.0731 e. The highest BCUT2D eigenvalue weighted by molar-refractivity contribution is 5.58. The Kier molecular flexibility index (Phi) is 2.13. The Morgan fingerprint density at radius 3 is 3.00 bits per heavy atom. The summed E-state index contributed by atoms with van der Waals surface area (Å²) in [5, 5.41) is 8.23. The van der Waals surface area contributed by atoms with Crippen molar-refractivity contribution in [2.45, 2.75) is 32.6 Å². The summed E-state index contributed by atoms with van der Waals surface area (Å²) < 4.78 is 0. The monoisotopic (exact) mass is 174 g/mol. The Labute approximate surface area is 78.7 Å². The maximum atomic E-state index is 4.19. The Morgan fingerprint density at radius 1 is 1.38 bits per heavy atom. The van der Waals surface area contributed by atoms with Crippen LogP contribution in [0.5, 0.6) is 0 Å². The molecule has 0 radical (unpaired) electrons. The van der Waals surface area contributed by atoms with Crippen LogP contribution >= 0.6 is 0 Å². The molecule has 0 amide bonds. The van der Waals surface area contributed by atoms with Gasteiger partial charge in [0.1, 0.15) is 0 Å². The molecule has 1 aromatic rings. The van der Waals surface area contributed by atoms with E-state index in [0.717, 1.165) is 18.5 Å². The predicted octanol–water partition coefficient (Wildman–Crippen LogP) is 2.56. The number of aryl methyl sites for hydroxylation is 1. The molecule has 1 aliphatic rings. The predicted molar refractivity (Wildman–Crippen MR) is 53.5 cm³/mol. The quantitative estimate of drug-likeness (QED) is 0.654. The van der Waals surface area contributed by atoms with Crippen molar-refractivity contribution in [2.24, 2.45) is 0 Å². The summed E-state index contributed by atoms with van der Waals surface area (Å²) in [7, 11) is 0. The first kappa shape index (κ1) is 8.42. The van der Waals surface area contributed by atoms with Crippen LogP contribution in [0.2, 0.25) is 0 Å². The van der Waals surface area contributed by atoms with Crippen LogP contribution in [0.1, 0.15) is 43.0 Å². The summed E-state index contributed by atoms with van der Waals surface area (Å²) in [5.74, 6) is 0.463. The largest absolute Gasteiger partial charge is 0.159 e. The van der Waals surface area contributed by atoms with E-state index in [1.807, 2.05) is 6.20 Å². The lowest BCUT2D eigenvalue weighted by atomic mass is 9.94. The molecule has 2 nitrogen and oxygen atoms in total. The summed E-state index contributed by atoms with van der Waals surface area (Å²) in [6.45, 7) is 4.32. The second-order valence-corrected chi connectivity index (χ2v) is 3.76. The van der Waals surface area contributed by atoms with E-state index in [4.69, 9.17) is 0 Å². The average Bonchev–Trinajstić information content (AvgIpc) is 2.17. The first-order valence-corrected chi connectivity index (χ1v) is 4.80. The molecule has 2 heteroatoms. The average molecular weight is 174 g/mol. The van der Waals surface area contributed by atoms with Crippen LogP contribution in [0.15, 0.2) is 12.3 Å². The van der Waals surface area contributed by atoms with Crippen molar-refractivity contribution < 1.29 is 0 Å². The number of nitrogens with zero attached hydrogens (tertiary/aromatic N) is 2. The zero-order valence-electron chi connectivity index (χ0n) is 8.12. The lowest BCUT2D eigenvalue weighted by molar-refractivity contribution is 0.767. The molecule has 1 aliphatic carbocycles. The van der Waals surface area contributed by atoms with Gasteiger partial charge in [-0.25, -0.2) is 0 Å². The molecular weight excluding hydrogens is 160 g/mol. The fourth-order valence-electron chi connectivity index (χ4n) is 1.71. The van der Waals surface area contributed by atoms with E-state index >= 15 is 0 Å². The molecule has 0 N–H and O–H groups in total. The maximum Gasteiger partial charge on any atom is 0.0731 e. The summed E-state index contributed by atoms with van der Waals surface area (Å²) >= 11 is 0. The third-order valence-corrected chi connectivity index (χ3v) is 2.41. The number of rotatable bonds is 1. The lowest BCUT2D eigenvalue weighted by Gasteiger charge is -2.14. The molecule has 0 unspecified atom stereocenters. The summed E-state index contributed by atoms with van der Waals surface area (Å²) in [6, 6.07) is 0. The molecule has 1 heterocycles. The van der Waals surface area contributed by atoms with Gasteiger partial charge in [-0.2, -0.15) is 10.2 Å². The maximum absolute atomic E-state index is 4.19. The molecule has 1 aromatic heterocycles. The van der Waals surface area contributed by atoms with Crippen LogP contribution in [0.3, 0.4) is 0 Å². The van der Waals surface area contributed by atoms with Crippen molar-refractivity contribution in [1.82, 2.24) is 10.2 Å².